The average Bonchev–Trinajstić information content (AvgIpc) is 2.85. The van der Waals surface area contributed by atoms with Crippen molar-refractivity contribution in [2.75, 3.05) is 6.61 Å². The Morgan fingerprint density at radius 2 is 2.31 bits per heavy atom. The third-order valence-electron chi connectivity index (χ3n) is 3.17. The summed E-state index contributed by atoms with van der Waals surface area (Å²) >= 11 is 0. The van der Waals surface area contributed by atoms with Crippen LogP contribution in [0.2, 0.25) is 0 Å². The summed E-state index contributed by atoms with van der Waals surface area (Å²) in [7, 11) is 0. The second-order valence-corrected chi connectivity index (χ2v) is 4.30. The quantitative estimate of drug-likeness (QED) is 0.825. The molecule has 1 saturated heterocycles. The van der Waals surface area contributed by atoms with E-state index in [4.69, 9.17) is 4.74 Å². The number of ether oxygens (including phenoxy) is 1. The molecule has 1 aliphatic heterocycles. The highest BCUT2D eigenvalue weighted by atomic mass is 16.5. The third-order valence-corrected chi connectivity index (χ3v) is 3.17. The zero-order chi connectivity index (χ0) is 11.2. The van der Waals surface area contributed by atoms with Crippen molar-refractivity contribution in [3.63, 3.8) is 0 Å². The minimum absolute atomic E-state index is 0.409. The van der Waals surface area contributed by atoms with Gasteiger partial charge in [-0.25, -0.2) is 0 Å². The molecule has 1 aliphatic rings. The molecule has 0 spiro atoms. The van der Waals surface area contributed by atoms with E-state index in [1.807, 2.05) is 12.4 Å². The molecule has 3 nitrogen and oxygen atoms in total. The van der Waals surface area contributed by atoms with Gasteiger partial charge in [-0.3, -0.25) is 4.98 Å². The van der Waals surface area contributed by atoms with E-state index in [0.29, 0.717) is 12.1 Å². The zero-order valence-electron chi connectivity index (χ0n) is 9.86. The van der Waals surface area contributed by atoms with Gasteiger partial charge in [-0.2, -0.15) is 0 Å². The Kier molecular flexibility index (Phi) is 4.31. The molecule has 1 aromatic rings. The standard InChI is InChI=1S/C13H20N2O/c1-2-12(13-4-3-9-16-13)15-10-11-5-7-14-8-6-11/h5-8,12-13,15H,2-4,9-10H2,1H3. The zero-order valence-corrected chi connectivity index (χ0v) is 9.86. The number of pyridine rings is 1. The Labute approximate surface area is 97.2 Å². The Balaban J connectivity index is 1.83. The van der Waals surface area contributed by atoms with Crippen LogP contribution in [-0.2, 0) is 11.3 Å². The second-order valence-electron chi connectivity index (χ2n) is 4.30. The fraction of sp³-hybridized carbons (Fsp3) is 0.615. The molecule has 0 amide bonds. The first kappa shape index (κ1) is 11.6. The number of hydrogen-bond acceptors (Lipinski definition) is 3. The van der Waals surface area contributed by atoms with Gasteiger partial charge in [-0.1, -0.05) is 6.92 Å². The molecule has 0 bridgehead atoms. The van der Waals surface area contributed by atoms with E-state index in [-0.39, 0.29) is 0 Å². The lowest BCUT2D eigenvalue weighted by Crippen LogP contribution is -2.38. The van der Waals surface area contributed by atoms with Crippen molar-refractivity contribution < 1.29 is 4.74 Å². The number of nitrogens with zero attached hydrogens (tertiary/aromatic N) is 1. The Hall–Kier alpha value is -0.930. The summed E-state index contributed by atoms with van der Waals surface area (Å²) in [6.45, 7) is 4.05. The SMILES string of the molecule is CCC(NCc1ccncc1)C1CCCO1. The molecule has 88 valence electrons. The van der Waals surface area contributed by atoms with Gasteiger partial charge in [-0.05, 0) is 37.0 Å². The molecule has 0 aliphatic carbocycles. The predicted molar refractivity (Wildman–Crippen MR) is 64.1 cm³/mol. The molecular weight excluding hydrogens is 200 g/mol. The second kappa shape index (κ2) is 5.97. The van der Waals surface area contributed by atoms with Crippen LogP contribution in [0.5, 0.6) is 0 Å². The Bertz CT molecular complexity index is 296. The van der Waals surface area contributed by atoms with Crippen molar-refractivity contribution in [3.8, 4) is 0 Å². The summed E-state index contributed by atoms with van der Waals surface area (Å²) in [5.41, 5.74) is 1.28. The summed E-state index contributed by atoms with van der Waals surface area (Å²) in [4.78, 5) is 4.02. The molecule has 3 heteroatoms. The van der Waals surface area contributed by atoms with Crippen LogP contribution in [0, 0.1) is 0 Å². The van der Waals surface area contributed by atoms with E-state index in [1.165, 1.54) is 18.4 Å². The number of aromatic nitrogens is 1. The maximum Gasteiger partial charge on any atom is 0.0728 e. The average molecular weight is 220 g/mol. The minimum Gasteiger partial charge on any atom is -0.377 e. The maximum atomic E-state index is 5.72. The van der Waals surface area contributed by atoms with Gasteiger partial charge in [0.15, 0.2) is 0 Å². The fourth-order valence-electron chi connectivity index (χ4n) is 2.21. The lowest BCUT2D eigenvalue weighted by Gasteiger charge is -2.22. The monoisotopic (exact) mass is 220 g/mol. The van der Waals surface area contributed by atoms with Crippen LogP contribution in [0.1, 0.15) is 31.7 Å². The van der Waals surface area contributed by atoms with Crippen molar-refractivity contribution >= 4 is 0 Å². The topological polar surface area (TPSA) is 34.2 Å². The van der Waals surface area contributed by atoms with Crippen LogP contribution in [-0.4, -0.2) is 23.7 Å². The van der Waals surface area contributed by atoms with E-state index in [2.05, 4.69) is 29.4 Å². The lowest BCUT2D eigenvalue weighted by atomic mass is 10.1. The molecule has 2 atom stereocenters. The van der Waals surface area contributed by atoms with Gasteiger partial charge in [0.1, 0.15) is 0 Å². The van der Waals surface area contributed by atoms with E-state index in [1.54, 1.807) is 0 Å². The van der Waals surface area contributed by atoms with Gasteiger partial charge >= 0.3 is 0 Å². The highest BCUT2D eigenvalue weighted by molar-refractivity contribution is 5.09. The minimum atomic E-state index is 0.409. The summed E-state index contributed by atoms with van der Waals surface area (Å²) in [6.07, 6.45) is 7.61. The van der Waals surface area contributed by atoms with Gasteiger partial charge in [0, 0.05) is 31.6 Å². The molecule has 2 unspecified atom stereocenters. The van der Waals surface area contributed by atoms with Crippen LogP contribution in [0.25, 0.3) is 0 Å². The molecule has 2 rings (SSSR count). The highest BCUT2D eigenvalue weighted by Gasteiger charge is 2.23. The van der Waals surface area contributed by atoms with E-state index in [9.17, 15) is 0 Å². The molecule has 0 radical (unpaired) electrons. The van der Waals surface area contributed by atoms with Crippen LogP contribution in [0.4, 0.5) is 0 Å². The molecule has 0 saturated carbocycles. The largest absolute Gasteiger partial charge is 0.377 e. The predicted octanol–water partition coefficient (Wildman–Crippen LogP) is 2.13. The summed E-state index contributed by atoms with van der Waals surface area (Å²) < 4.78 is 5.72. The molecule has 16 heavy (non-hydrogen) atoms. The third kappa shape index (κ3) is 3.03. The van der Waals surface area contributed by atoms with Gasteiger partial charge in [0.05, 0.1) is 6.10 Å². The van der Waals surface area contributed by atoms with Gasteiger partial charge < -0.3 is 10.1 Å². The van der Waals surface area contributed by atoms with Gasteiger partial charge in [0.2, 0.25) is 0 Å². The van der Waals surface area contributed by atoms with E-state index < -0.39 is 0 Å². The Morgan fingerprint density at radius 1 is 1.50 bits per heavy atom. The Morgan fingerprint density at radius 3 is 2.94 bits per heavy atom. The number of nitrogens with one attached hydrogen (secondary N) is 1. The summed E-state index contributed by atoms with van der Waals surface area (Å²) in [6, 6.07) is 4.58. The van der Waals surface area contributed by atoms with Crippen LogP contribution >= 0.6 is 0 Å². The van der Waals surface area contributed by atoms with Crippen molar-refractivity contribution in [1.82, 2.24) is 10.3 Å². The van der Waals surface area contributed by atoms with Gasteiger partial charge in [0.25, 0.3) is 0 Å². The smallest absolute Gasteiger partial charge is 0.0728 e. The van der Waals surface area contributed by atoms with Gasteiger partial charge in [-0.15, -0.1) is 0 Å². The lowest BCUT2D eigenvalue weighted by molar-refractivity contribution is 0.0765. The first-order valence-corrected chi connectivity index (χ1v) is 6.14. The van der Waals surface area contributed by atoms with Crippen LogP contribution in [0.3, 0.4) is 0 Å². The molecule has 1 aromatic heterocycles. The van der Waals surface area contributed by atoms with Crippen LogP contribution < -0.4 is 5.32 Å². The maximum absolute atomic E-state index is 5.72. The summed E-state index contributed by atoms with van der Waals surface area (Å²) in [5, 5.41) is 3.57. The van der Waals surface area contributed by atoms with Crippen molar-refractivity contribution in [1.29, 1.82) is 0 Å². The fourth-order valence-corrected chi connectivity index (χ4v) is 2.21. The molecule has 1 fully saturated rings. The van der Waals surface area contributed by atoms with Crippen molar-refractivity contribution in [2.24, 2.45) is 0 Å². The van der Waals surface area contributed by atoms with E-state index in [0.717, 1.165) is 19.6 Å². The number of rotatable bonds is 5. The van der Waals surface area contributed by atoms with E-state index >= 15 is 0 Å². The van der Waals surface area contributed by atoms with Crippen molar-refractivity contribution in [3.05, 3.63) is 30.1 Å². The first-order valence-electron chi connectivity index (χ1n) is 6.14. The van der Waals surface area contributed by atoms with Crippen LogP contribution in [0.15, 0.2) is 24.5 Å². The number of hydrogen-bond donors (Lipinski definition) is 1. The molecule has 0 aromatic carbocycles. The van der Waals surface area contributed by atoms with Crippen molar-refractivity contribution in [2.45, 2.75) is 44.9 Å². The molecule has 2 heterocycles. The summed E-state index contributed by atoms with van der Waals surface area (Å²) in [5.74, 6) is 0. The normalized spacial score (nSPS) is 22.2. The first-order chi connectivity index (χ1) is 7.90. The highest BCUT2D eigenvalue weighted by Crippen LogP contribution is 2.17. The molecular formula is C13H20N2O. The molecule has 1 N–H and O–H groups in total.